The summed E-state index contributed by atoms with van der Waals surface area (Å²) in [7, 11) is 1.45. The third-order valence-corrected chi connectivity index (χ3v) is 5.04. The van der Waals surface area contributed by atoms with Crippen LogP contribution in [-0.2, 0) is 9.59 Å². The second-order valence-electron chi connectivity index (χ2n) is 7.38. The first-order valence-corrected chi connectivity index (χ1v) is 10.3. The monoisotopic (exact) mass is 437 g/mol. The van der Waals surface area contributed by atoms with Gasteiger partial charge in [-0.3, -0.25) is 9.59 Å². The molecule has 166 valence electrons. The van der Waals surface area contributed by atoms with Crippen LogP contribution in [0.2, 0.25) is 0 Å². The Hall–Kier alpha value is -3.86. The highest BCUT2D eigenvalue weighted by Crippen LogP contribution is 2.29. The van der Waals surface area contributed by atoms with Gasteiger partial charge >= 0.3 is 0 Å². The van der Waals surface area contributed by atoms with Crippen LogP contribution in [0.1, 0.15) is 31.2 Å². The minimum Gasteiger partial charge on any atom is -0.493 e. The maximum atomic E-state index is 13.0. The number of amides is 2. The van der Waals surface area contributed by atoms with E-state index in [1.54, 1.807) is 18.2 Å². The summed E-state index contributed by atoms with van der Waals surface area (Å²) in [6.45, 7) is -0.282. The Kier molecular flexibility index (Phi) is 7.81. The topological polar surface area (TPSA) is 100 Å². The van der Waals surface area contributed by atoms with Gasteiger partial charge in [0.25, 0.3) is 11.8 Å². The molecule has 0 atom stereocenters. The number of hydrogen-bond donors (Lipinski definition) is 2. The molecule has 0 radical (unpaired) electrons. The van der Waals surface area contributed by atoms with Gasteiger partial charge in [0.15, 0.2) is 18.1 Å². The van der Waals surface area contributed by atoms with Gasteiger partial charge in [-0.05, 0) is 60.9 Å². The standard InChI is InChI=1S/C24H24FN3O4/c1-31-22-13-16(12-17(14-26)24(30)28-19-4-2-3-5-19)6-11-21(22)32-15-23(29)27-20-9-7-18(25)8-10-20/h6-13,19H,2-5,15H2,1H3,(H,27,29)(H,28,30)/b17-12-. The van der Waals surface area contributed by atoms with Crippen molar-refractivity contribution >= 4 is 23.6 Å². The molecule has 32 heavy (non-hydrogen) atoms. The Morgan fingerprint density at radius 2 is 1.88 bits per heavy atom. The molecule has 1 fully saturated rings. The molecule has 8 heteroatoms. The Bertz CT molecular complexity index is 1040. The number of carbonyl (C=O) groups is 2. The largest absolute Gasteiger partial charge is 0.493 e. The Morgan fingerprint density at radius 3 is 2.53 bits per heavy atom. The van der Waals surface area contributed by atoms with E-state index in [1.165, 1.54) is 37.5 Å². The summed E-state index contributed by atoms with van der Waals surface area (Å²) < 4.78 is 23.8. The van der Waals surface area contributed by atoms with Crippen molar-refractivity contribution in [2.24, 2.45) is 0 Å². The molecule has 2 aromatic carbocycles. The van der Waals surface area contributed by atoms with Gasteiger partial charge in [0.2, 0.25) is 0 Å². The number of nitrogens with one attached hydrogen (secondary N) is 2. The van der Waals surface area contributed by atoms with Crippen LogP contribution in [0.4, 0.5) is 10.1 Å². The molecule has 0 heterocycles. The van der Waals surface area contributed by atoms with Gasteiger partial charge in [-0.2, -0.15) is 5.26 Å². The normalized spacial score (nSPS) is 13.8. The van der Waals surface area contributed by atoms with Crippen LogP contribution in [-0.4, -0.2) is 31.6 Å². The second kappa shape index (κ2) is 11.0. The van der Waals surface area contributed by atoms with Crippen molar-refractivity contribution < 1.29 is 23.5 Å². The van der Waals surface area contributed by atoms with Crippen LogP contribution in [0.5, 0.6) is 11.5 Å². The predicted octanol–water partition coefficient (Wildman–Crippen LogP) is 3.82. The number of benzene rings is 2. The number of rotatable bonds is 8. The number of nitriles is 1. The summed E-state index contributed by atoms with van der Waals surface area (Å²) in [6, 6.07) is 12.3. The first-order chi connectivity index (χ1) is 15.5. The van der Waals surface area contributed by atoms with E-state index in [9.17, 15) is 19.2 Å². The molecule has 7 nitrogen and oxygen atoms in total. The molecule has 0 spiro atoms. The van der Waals surface area contributed by atoms with E-state index in [2.05, 4.69) is 10.6 Å². The molecule has 2 N–H and O–H groups in total. The number of anilines is 1. The highest BCUT2D eigenvalue weighted by molar-refractivity contribution is 6.01. The van der Waals surface area contributed by atoms with Crippen LogP contribution in [0, 0.1) is 17.1 Å². The van der Waals surface area contributed by atoms with Gasteiger partial charge < -0.3 is 20.1 Å². The molecular weight excluding hydrogens is 413 g/mol. The van der Waals surface area contributed by atoms with Crippen LogP contribution in [0.3, 0.4) is 0 Å². The Labute approximate surface area is 185 Å². The van der Waals surface area contributed by atoms with Crippen LogP contribution in [0.15, 0.2) is 48.0 Å². The average Bonchev–Trinajstić information content (AvgIpc) is 3.30. The molecular formula is C24H24FN3O4. The fourth-order valence-corrected chi connectivity index (χ4v) is 3.42. The molecule has 0 aliphatic heterocycles. The summed E-state index contributed by atoms with van der Waals surface area (Å²) in [5, 5.41) is 14.9. The molecule has 3 rings (SSSR count). The lowest BCUT2D eigenvalue weighted by Crippen LogP contribution is -2.33. The number of ether oxygens (including phenoxy) is 2. The van der Waals surface area contributed by atoms with E-state index in [0.29, 0.717) is 22.7 Å². The molecule has 0 saturated heterocycles. The summed E-state index contributed by atoms with van der Waals surface area (Å²) in [4.78, 5) is 24.5. The molecule has 0 unspecified atom stereocenters. The van der Waals surface area contributed by atoms with Crippen LogP contribution in [0.25, 0.3) is 6.08 Å². The maximum Gasteiger partial charge on any atom is 0.262 e. The lowest BCUT2D eigenvalue weighted by molar-refractivity contribution is -0.118. The highest BCUT2D eigenvalue weighted by atomic mass is 19.1. The number of hydrogen-bond acceptors (Lipinski definition) is 5. The predicted molar refractivity (Wildman–Crippen MR) is 118 cm³/mol. The van der Waals surface area contributed by atoms with E-state index < -0.39 is 17.6 Å². The van der Waals surface area contributed by atoms with Gasteiger partial charge in [-0.25, -0.2) is 4.39 Å². The lowest BCUT2D eigenvalue weighted by atomic mass is 10.1. The molecule has 2 aromatic rings. The highest BCUT2D eigenvalue weighted by Gasteiger charge is 2.19. The molecule has 0 aromatic heterocycles. The lowest BCUT2D eigenvalue weighted by Gasteiger charge is -2.12. The van der Waals surface area contributed by atoms with E-state index in [-0.39, 0.29) is 18.2 Å². The van der Waals surface area contributed by atoms with Crippen molar-refractivity contribution in [1.82, 2.24) is 5.32 Å². The van der Waals surface area contributed by atoms with E-state index in [1.807, 2.05) is 6.07 Å². The fourth-order valence-electron chi connectivity index (χ4n) is 3.42. The molecule has 1 aliphatic carbocycles. The van der Waals surface area contributed by atoms with Gasteiger partial charge in [-0.15, -0.1) is 0 Å². The van der Waals surface area contributed by atoms with Crippen molar-refractivity contribution in [3.8, 4) is 17.6 Å². The zero-order valence-electron chi connectivity index (χ0n) is 17.7. The molecule has 1 aliphatic rings. The maximum absolute atomic E-state index is 13.0. The van der Waals surface area contributed by atoms with Crippen molar-refractivity contribution in [3.05, 3.63) is 59.4 Å². The SMILES string of the molecule is COc1cc(/C=C(/C#N)C(=O)NC2CCCC2)ccc1OCC(=O)Nc1ccc(F)cc1. The Balaban J connectivity index is 1.63. The van der Waals surface area contributed by atoms with Crippen molar-refractivity contribution in [2.45, 2.75) is 31.7 Å². The number of methoxy groups -OCH3 is 1. The Morgan fingerprint density at radius 1 is 1.16 bits per heavy atom. The van der Waals surface area contributed by atoms with Crippen LogP contribution >= 0.6 is 0 Å². The molecule has 0 bridgehead atoms. The number of carbonyl (C=O) groups excluding carboxylic acids is 2. The quantitative estimate of drug-likeness (QED) is 0.483. The first kappa shape index (κ1) is 22.8. The zero-order valence-corrected chi connectivity index (χ0v) is 17.7. The van der Waals surface area contributed by atoms with E-state index in [0.717, 1.165) is 25.7 Å². The van der Waals surface area contributed by atoms with Crippen molar-refractivity contribution in [2.75, 3.05) is 19.0 Å². The summed E-state index contributed by atoms with van der Waals surface area (Å²) in [5.74, 6) is -0.530. The molecule has 2 amide bonds. The summed E-state index contributed by atoms with van der Waals surface area (Å²) >= 11 is 0. The van der Waals surface area contributed by atoms with E-state index in [4.69, 9.17) is 9.47 Å². The minimum absolute atomic E-state index is 0.00583. The van der Waals surface area contributed by atoms with Gasteiger partial charge in [-0.1, -0.05) is 18.9 Å². The second-order valence-corrected chi connectivity index (χ2v) is 7.38. The van der Waals surface area contributed by atoms with Gasteiger partial charge in [0.1, 0.15) is 17.5 Å². The van der Waals surface area contributed by atoms with Gasteiger partial charge in [0, 0.05) is 11.7 Å². The third kappa shape index (κ3) is 6.32. The van der Waals surface area contributed by atoms with Crippen molar-refractivity contribution in [1.29, 1.82) is 5.26 Å². The first-order valence-electron chi connectivity index (χ1n) is 10.3. The minimum atomic E-state index is -0.419. The summed E-state index contributed by atoms with van der Waals surface area (Å²) in [6.07, 6.45) is 5.50. The summed E-state index contributed by atoms with van der Waals surface area (Å²) in [5.41, 5.74) is 1.04. The third-order valence-electron chi connectivity index (χ3n) is 5.04. The van der Waals surface area contributed by atoms with E-state index >= 15 is 0 Å². The average molecular weight is 437 g/mol. The van der Waals surface area contributed by atoms with Crippen LogP contribution < -0.4 is 20.1 Å². The van der Waals surface area contributed by atoms with Crippen molar-refractivity contribution in [3.63, 3.8) is 0 Å². The smallest absolute Gasteiger partial charge is 0.262 e. The molecule has 1 saturated carbocycles. The number of halogens is 1. The van der Waals surface area contributed by atoms with Gasteiger partial charge in [0.05, 0.1) is 7.11 Å². The zero-order chi connectivity index (χ0) is 22.9. The fraction of sp³-hybridized carbons (Fsp3) is 0.292. The number of nitrogens with zero attached hydrogens (tertiary/aromatic N) is 1.